The number of Topliss-reactive ketones (excluding diaryl/α,β-unsaturated/α-hetero) is 1. The fraction of sp³-hybridized carbons (Fsp3) is 0.250. The third kappa shape index (κ3) is 4.51. The van der Waals surface area contributed by atoms with Gasteiger partial charge in [-0.1, -0.05) is 60.7 Å². The van der Waals surface area contributed by atoms with Crippen LogP contribution >= 0.6 is 0 Å². The number of esters is 1. The highest BCUT2D eigenvalue weighted by Crippen LogP contribution is 2.24. The summed E-state index contributed by atoms with van der Waals surface area (Å²) >= 11 is 0. The first-order chi connectivity index (χ1) is 12.9. The van der Waals surface area contributed by atoms with Crippen LogP contribution in [0.3, 0.4) is 0 Å². The van der Waals surface area contributed by atoms with Gasteiger partial charge in [0, 0.05) is 6.42 Å². The maximum absolute atomic E-state index is 12.4. The van der Waals surface area contributed by atoms with Crippen molar-refractivity contribution in [2.24, 2.45) is 0 Å². The minimum Gasteiger partial charge on any atom is -0.467 e. The number of hydroxylamine groups is 2. The molecule has 0 aliphatic heterocycles. The van der Waals surface area contributed by atoms with Crippen LogP contribution in [0, 0.1) is 0 Å². The van der Waals surface area contributed by atoms with Crippen molar-refractivity contribution >= 4 is 17.8 Å². The van der Waals surface area contributed by atoms with Crippen LogP contribution in [0.5, 0.6) is 0 Å². The highest BCUT2D eigenvalue weighted by Gasteiger charge is 2.53. The highest BCUT2D eigenvalue weighted by atomic mass is 16.6. The van der Waals surface area contributed by atoms with Gasteiger partial charge >= 0.3 is 12.1 Å². The number of hydrogen-bond donors (Lipinski definition) is 1. The van der Waals surface area contributed by atoms with E-state index in [4.69, 9.17) is 9.47 Å². The molecular weight excluding hydrogens is 350 g/mol. The molecule has 1 atom stereocenters. The summed E-state index contributed by atoms with van der Waals surface area (Å²) in [7, 11) is 1.08. The molecule has 2 rings (SSSR count). The fourth-order valence-electron chi connectivity index (χ4n) is 2.65. The molecular formula is C20H21NO6. The van der Waals surface area contributed by atoms with Gasteiger partial charge in [-0.3, -0.25) is 10.0 Å². The summed E-state index contributed by atoms with van der Waals surface area (Å²) in [4.78, 5) is 37.2. The number of ketones is 1. The van der Waals surface area contributed by atoms with Gasteiger partial charge in [0.15, 0.2) is 5.78 Å². The van der Waals surface area contributed by atoms with E-state index in [1.165, 1.54) is 0 Å². The van der Waals surface area contributed by atoms with Gasteiger partial charge in [0.25, 0.3) is 0 Å². The van der Waals surface area contributed by atoms with Crippen LogP contribution in [0.25, 0.3) is 0 Å². The molecule has 7 nitrogen and oxygen atoms in total. The second-order valence-electron chi connectivity index (χ2n) is 5.92. The molecule has 2 aromatic carbocycles. The van der Waals surface area contributed by atoms with Crippen molar-refractivity contribution in [3.05, 3.63) is 71.8 Å². The Bertz CT molecular complexity index is 793. The lowest BCUT2D eigenvalue weighted by molar-refractivity contribution is -0.189. The standard InChI is InChI=1S/C20H21NO6/c1-15(22)20(18(23)26-2,13-16-9-5-3-6-10-16)21(25)19(24)27-14-17-11-7-4-8-12-17/h3-12,25H,13-14H2,1-2H3/t20-/m1/s1. The predicted molar refractivity (Wildman–Crippen MR) is 95.8 cm³/mol. The van der Waals surface area contributed by atoms with Gasteiger partial charge in [0.1, 0.15) is 6.61 Å². The van der Waals surface area contributed by atoms with Crippen LogP contribution < -0.4 is 0 Å². The molecule has 7 heteroatoms. The van der Waals surface area contributed by atoms with E-state index < -0.39 is 23.4 Å². The molecule has 0 unspecified atom stereocenters. The van der Waals surface area contributed by atoms with Crippen LogP contribution in [0.1, 0.15) is 18.1 Å². The number of benzene rings is 2. The Labute approximate surface area is 157 Å². The molecule has 0 aromatic heterocycles. The average Bonchev–Trinajstić information content (AvgIpc) is 2.70. The summed E-state index contributed by atoms with van der Waals surface area (Å²) in [5, 5.41) is 10.5. The molecule has 1 amide bonds. The normalized spacial score (nSPS) is 12.6. The second-order valence-corrected chi connectivity index (χ2v) is 5.92. The van der Waals surface area contributed by atoms with E-state index in [9.17, 15) is 19.6 Å². The van der Waals surface area contributed by atoms with Crippen molar-refractivity contribution in [3.8, 4) is 0 Å². The Kier molecular flexibility index (Phi) is 6.67. The number of nitrogens with zero attached hydrogens (tertiary/aromatic N) is 1. The molecule has 0 aliphatic carbocycles. The van der Waals surface area contributed by atoms with Crippen molar-refractivity contribution in [1.29, 1.82) is 0 Å². The van der Waals surface area contributed by atoms with E-state index in [2.05, 4.69) is 0 Å². The van der Waals surface area contributed by atoms with Gasteiger partial charge in [0.05, 0.1) is 7.11 Å². The molecule has 1 N–H and O–H groups in total. The van der Waals surface area contributed by atoms with Crippen LogP contribution in [-0.2, 0) is 32.1 Å². The Morgan fingerprint density at radius 1 is 0.963 bits per heavy atom. The van der Waals surface area contributed by atoms with Gasteiger partial charge in [-0.15, -0.1) is 0 Å². The molecule has 0 saturated heterocycles. The smallest absolute Gasteiger partial charge is 0.435 e. The number of ether oxygens (including phenoxy) is 2. The van der Waals surface area contributed by atoms with Crippen LogP contribution in [-0.4, -0.2) is 40.8 Å². The van der Waals surface area contributed by atoms with E-state index in [0.29, 0.717) is 11.1 Å². The molecule has 0 saturated carbocycles. The molecule has 0 spiro atoms. The predicted octanol–water partition coefficient (Wildman–Crippen LogP) is 2.76. The molecule has 0 heterocycles. The summed E-state index contributed by atoms with van der Waals surface area (Å²) in [5.41, 5.74) is -0.994. The monoisotopic (exact) mass is 371 g/mol. The van der Waals surface area contributed by atoms with Gasteiger partial charge in [-0.2, -0.15) is 5.06 Å². The summed E-state index contributed by atoms with van der Waals surface area (Å²) < 4.78 is 9.77. The highest BCUT2D eigenvalue weighted by molar-refractivity contribution is 6.09. The van der Waals surface area contributed by atoms with Gasteiger partial charge in [-0.05, 0) is 18.1 Å². The van der Waals surface area contributed by atoms with Gasteiger partial charge < -0.3 is 9.47 Å². The summed E-state index contributed by atoms with van der Waals surface area (Å²) in [5.74, 6) is -1.81. The Balaban J connectivity index is 2.29. The zero-order valence-electron chi connectivity index (χ0n) is 15.1. The third-order valence-corrected chi connectivity index (χ3v) is 4.15. The average molecular weight is 371 g/mol. The number of rotatable bonds is 7. The number of hydrogen-bond acceptors (Lipinski definition) is 6. The van der Waals surface area contributed by atoms with E-state index in [0.717, 1.165) is 14.0 Å². The van der Waals surface area contributed by atoms with Crippen molar-refractivity contribution in [3.63, 3.8) is 0 Å². The molecule has 142 valence electrons. The van der Waals surface area contributed by atoms with Crippen molar-refractivity contribution < 1.29 is 29.1 Å². The zero-order chi connectivity index (χ0) is 19.9. The largest absolute Gasteiger partial charge is 0.467 e. The maximum Gasteiger partial charge on any atom is 0.435 e. The molecule has 0 radical (unpaired) electrons. The zero-order valence-corrected chi connectivity index (χ0v) is 15.1. The first kappa shape index (κ1) is 20.1. The molecule has 0 bridgehead atoms. The van der Waals surface area contributed by atoms with Gasteiger partial charge in [-0.25, -0.2) is 9.59 Å². The molecule has 27 heavy (non-hydrogen) atoms. The number of carbonyl (C=O) groups excluding carboxylic acids is 3. The minimum atomic E-state index is -2.25. The minimum absolute atomic E-state index is 0.0249. The van der Waals surface area contributed by atoms with Crippen LogP contribution in [0.15, 0.2) is 60.7 Å². The van der Waals surface area contributed by atoms with E-state index in [-0.39, 0.29) is 18.1 Å². The fourth-order valence-corrected chi connectivity index (χ4v) is 2.65. The SMILES string of the molecule is COC(=O)[C@@](Cc1ccccc1)(C(C)=O)N(O)C(=O)OCc1ccccc1. The quantitative estimate of drug-likeness (QED) is 0.348. The summed E-state index contributed by atoms with van der Waals surface area (Å²) in [6.07, 6.45) is -1.48. The first-order valence-electron chi connectivity index (χ1n) is 8.25. The second kappa shape index (κ2) is 8.95. The number of methoxy groups -OCH3 is 1. The van der Waals surface area contributed by atoms with E-state index in [1.54, 1.807) is 54.6 Å². The summed E-state index contributed by atoms with van der Waals surface area (Å²) in [6.45, 7) is 0.977. The van der Waals surface area contributed by atoms with E-state index in [1.807, 2.05) is 6.07 Å². The molecule has 2 aromatic rings. The van der Waals surface area contributed by atoms with Crippen molar-refractivity contribution in [2.45, 2.75) is 25.5 Å². The lowest BCUT2D eigenvalue weighted by Gasteiger charge is -2.34. The lowest BCUT2D eigenvalue weighted by atomic mass is 9.86. The van der Waals surface area contributed by atoms with E-state index >= 15 is 0 Å². The maximum atomic E-state index is 12.4. The summed E-state index contributed by atoms with van der Waals surface area (Å²) in [6, 6.07) is 17.3. The molecule has 0 aliphatic rings. The third-order valence-electron chi connectivity index (χ3n) is 4.15. The van der Waals surface area contributed by atoms with Crippen LogP contribution in [0.2, 0.25) is 0 Å². The Morgan fingerprint density at radius 2 is 1.48 bits per heavy atom. The van der Waals surface area contributed by atoms with Crippen molar-refractivity contribution in [1.82, 2.24) is 5.06 Å². The van der Waals surface area contributed by atoms with Crippen LogP contribution in [0.4, 0.5) is 4.79 Å². The Hall–Kier alpha value is -3.19. The number of amides is 1. The molecule has 0 fully saturated rings. The Morgan fingerprint density at radius 3 is 1.96 bits per heavy atom. The topological polar surface area (TPSA) is 93.1 Å². The van der Waals surface area contributed by atoms with Gasteiger partial charge in [0.2, 0.25) is 5.54 Å². The van der Waals surface area contributed by atoms with Crippen molar-refractivity contribution in [2.75, 3.05) is 7.11 Å². The lowest BCUT2D eigenvalue weighted by Crippen LogP contribution is -2.62. The first-order valence-corrected chi connectivity index (χ1v) is 8.25. The number of carbonyl (C=O) groups is 3.